The van der Waals surface area contributed by atoms with Gasteiger partial charge >= 0.3 is 0 Å². The molecular weight excluding hydrogens is 208 g/mol. The normalized spacial score (nSPS) is 38.2. The van der Waals surface area contributed by atoms with Crippen molar-refractivity contribution in [3.8, 4) is 0 Å². The minimum absolute atomic E-state index is 0.279. The molecule has 0 aromatic carbocycles. The van der Waals surface area contributed by atoms with Crippen LogP contribution < -0.4 is 0 Å². The van der Waals surface area contributed by atoms with Crippen molar-refractivity contribution in [3.05, 3.63) is 0 Å². The van der Waals surface area contributed by atoms with E-state index in [4.69, 9.17) is 19.7 Å². The first-order valence-corrected chi connectivity index (χ1v) is 6.06. The molecule has 2 aliphatic rings. The number of aliphatic hydroxyl groups is 2. The second-order valence-electron chi connectivity index (χ2n) is 4.91. The van der Waals surface area contributed by atoms with Crippen LogP contribution in [-0.4, -0.2) is 49.9 Å². The summed E-state index contributed by atoms with van der Waals surface area (Å²) in [7, 11) is 0. The van der Waals surface area contributed by atoms with Gasteiger partial charge in [-0.1, -0.05) is 13.8 Å². The van der Waals surface area contributed by atoms with Crippen LogP contribution in [0.2, 0.25) is 0 Å². The Morgan fingerprint density at radius 1 is 0.812 bits per heavy atom. The van der Waals surface area contributed by atoms with Gasteiger partial charge in [0.2, 0.25) is 0 Å². The molecule has 0 aromatic heterocycles. The van der Waals surface area contributed by atoms with Crippen molar-refractivity contribution >= 4 is 0 Å². The summed E-state index contributed by atoms with van der Waals surface area (Å²) in [5.74, 6) is 1.91. The zero-order valence-electron chi connectivity index (χ0n) is 10.3. The van der Waals surface area contributed by atoms with Crippen LogP contribution in [0.15, 0.2) is 0 Å². The summed E-state index contributed by atoms with van der Waals surface area (Å²) in [6, 6.07) is 0. The summed E-state index contributed by atoms with van der Waals surface area (Å²) >= 11 is 0. The van der Waals surface area contributed by atoms with E-state index in [0.717, 1.165) is 26.4 Å². The highest BCUT2D eigenvalue weighted by Crippen LogP contribution is 2.18. The number of rotatable bonds is 2. The first kappa shape index (κ1) is 13.9. The van der Waals surface area contributed by atoms with Crippen molar-refractivity contribution in [2.75, 3.05) is 39.6 Å². The molecule has 4 heteroatoms. The Kier molecular flexibility index (Phi) is 6.28. The molecule has 2 N–H and O–H groups in total. The third-order valence-electron chi connectivity index (χ3n) is 3.50. The van der Waals surface area contributed by atoms with Crippen LogP contribution in [0.3, 0.4) is 0 Å². The average molecular weight is 232 g/mol. The van der Waals surface area contributed by atoms with Crippen molar-refractivity contribution < 1.29 is 19.7 Å². The Morgan fingerprint density at radius 3 is 1.31 bits per heavy atom. The summed E-state index contributed by atoms with van der Waals surface area (Å²) < 4.78 is 10.2. The third kappa shape index (κ3) is 4.01. The predicted molar refractivity (Wildman–Crippen MR) is 61.1 cm³/mol. The maximum atomic E-state index is 8.66. The molecule has 2 aliphatic heterocycles. The van der Waals surface area contributed by atoms with Gasteiger partial charge in [0.1, 0.15) is 0 Å². The molecule has 0 aromatic rings. The Balaban J connectivity index is 0.000000160. The van der Waals surface area contributed by atoms with Gasteiger partial charge in [-0.05, 0) is 11.8 Å². The standard InChI is InChI=1S/2C6H12O2/c2*1-5-3-8-4-6(5)2-7/h2*5-7H,2-4H2,1H3/t2*5-,6-/m10/s1. The van der Waals surface area contributed by atoms with Crippen LogP contribution >= 0.6 is 0 Å². The highest BCUT2D eigenvalue weighted by atomic mass is 16.5. The van der Waals surface area contributed by atoms with Gasteiger partial charge in [0, 0.05) is 38.3 Å². The third-order valence-corrected chi connectivity index (χ3v) is 3.50. The fourth-order valence-electron chi connectivity index (χ4n) is 1.88. The topological polar surface area (TPSA) is 58.9 Å². The van der Waals surface area contributed by atoms with E-state index >= 15 is 0 Å². The molecule has 0 spiro atoms. The molecule has 2 fully saturated rings. The van der Waals surface area contributed by atoms with E-state index in [9.17, 15) is 0 Å². The van der Waals surface area contributed by atoms with E-state index in [2.05, 4.69) is 13.8 Å². The van der Waals surface area contributed by atoms with Gasteiger partial charge in [-0.25, -0.2) is 0 Å². The maximum Gasteiger partial charge on any atom is 0.0519 e. The fourth-order valence-corrected chi connectivity index (χ4v) is 1.88. The van der Waals surface area contributed by atoms with Crippen molar-refractivity contribution in [1.29, 1.82) is 0 Å². The number of hydrogen-bond acceptors (Lipinski definition) is 4. The SMILES string of the molecule is C[C@@H]1COC[C@H]1CO.C[C@H]1COC[C@@H]1CO. The molecule has 0 radical (unpaired) electrons. The molecule has 0 amide bonds. The molecule has 2 saturated heterocycles. The van der Waals surface area contributed by atoms with Crippen LogP contribution in [0.5, 0.6) is 0 Å². The molecule has 4 nitrogen and oxygen atoms in total. The van der Waals surface area contributed by atoms with Gasteiger partial charge in [0.25, 0.3) is 0 Å². The molecule has 0 bridgehead atoms. The van der Waals surface area contributed by atoms with E-state index in [1.807, 2.05) is 0 Å². The largest absolute Gasteiger partial charge is 0.396 e. The van der Waals surface area contributed by atoms with Crippen molar-refractivity contribution in [3.63, 3.8) is 0 Å². The van der Waals surface area contributed by atoms with E-state index in [1.165, 1.54) is 0 Å². The average Bonchev–Trinajstić information content (AvgIpc) is 2.87. The molecular formula is C12H24O4. The molecule has 4 atom stereocenters. The highest BCUT2D eigenvalue weighted by Gasteiger charge is 2.23. The van der Waals surface area contributed by atoms with Gasteiger partial charge in [-0.15, -0.1) is 0 Å². The van der Waals surface area contributed by atoms with Crippen molar-refractivity contribution in [1.82, 2.24) is 0 Å². The van der Waals surface area contributed by atoms with E-state index < -0.39 is 0 Å². The van der Waals surface area contributed by atoms with E-state index in [-0.39, 0.29) is 13.2 Å². The minimum Gasteiger partial charge on any atom is -0.396 e. The summed E-state index contributed by atoms with van der Waals surface area (Å²) in [6.45, 7) is 7.91. The molecule has 2 rings (SSSR count). The lowest BCUT2D eigenvalue weighted by atomic mass is 10.00. The molecule has 16 heavy (non-hydrogen) atoms. The Bertz CT molecular complexity index is 166. The lowest BCUT2D eigenvalue weighted by Gasteiger charge is -2.06. The summed E-state index contributed by atoms with van der Waals surface area (Å²) in [5, 5.41) is 17.3. The van der Waals surface area contributed by atoms with Crippen LogP contribution in [-0.2, 0) is 9.47 Å². The van der Waals surface area contributed by atoms with E-state index in [0.29, 0.717) is 23.7 Å². The zero-order valence-corrected chi connectivity index (χ0v) is 10.3. The first-order valence-electron chi connectivity index (χ1n) is 6.06. The lowest BCUT2D eigenvalue weighted by molar-refractivity contribution is 0.160. The van der Waals surface area contributed by atoms with Gasteiger partial charge in [-0.2, -0.15) is 0 Å². The number of hydrogen-bond donors (Lipinski definition) is 2. The summed E-state index contributed by atoms with van der Waals surface area (Å²) in [5.41, 5.74) is 0. The van der Waals surface area contributed by atoms with Crippen molar-refractivity contribution in [2.24, 2.45) is 23.7 Å². The number of ether oxygens (including phenoxy) is 2. The summed E-state index contributed by atoms with van der Waals surface area (Å²) in [4.78, 5) is 0. The van der Waals surface area contributed by atoms with Crippen LogP contribution in [0.1, 0.15) is 13.8 Å². The molecule has 2 heterocycles. The predicted octanol–water partition coefficient (Wildman–Crippen LogP) is 0.522. The Morgan fingerprint density at radius 2 is 1.19 bits per heavy atom. The molecule has 0 saturated carbocycles. The quantitative estimate of drug-likeness (QED) is 0.729. The van der Waals surface area contributed by atoms with Gasteiger partial charge < -0.3 is 19.7 Å². The van der Waals surface area contributed by atoms with Gasteiger partial charge in [-0.3, -0.25) is 0 Å². The fraction of sp³-hybridized carbons (Fsp3) is 1.00. The Hall–Kier alpha value is -0.160. The highest BCUT2D eigenvalue weighted by molar-refractivity contribution is 4.70. The van der Waals surface area contributed by atoms with Crippen LogP contribution in [0, 0.1) is 23.7 Å². The van der Waals surface area contributed by atoms with Gasteiger partial charge in [0.15, 0.2) is 0 Å². The van der Waals surface area contributed by atoms with Crippen LogP contribution in [0.25, 0.3) is 0 Å². The Labute approximate surface area is 97.6 Å². The lowest BCUT2D eigenvalue weighted by Crippen LogP contribution is -2.12. The first-order chi connectivity index (χ1) is 7.69. The molecule has 0 unspecified atom stereocenters. The summed E-state index contributed by atoms with van der Waals surface area (Å²) in [6.07, 6.45) is 0. The number of aliphatic hydroxyl groups excluding tert-OH is 2. The second-order valence-corrected chi connectivity index (χ2v) is 4.91. The maximum absolute atomic E-state index is 8.66. The molecule has 96 valence electrons. The molecule has 0 aliphatic carbocycles. The zero-order chi connectivity index (χ0) is 12.0. The van der Waals surface area contributed by atoms with Crippen molar-refractivity contribution in [2.45, 2.75) is 13.8 Å². The van der Waals surface area contributed by atoms with Gasteiger partial charge in [0.05, 0.1) is 13.2 Å². The second kappa shape index (κ2) is 7.22. The monoisotopic (exact) mass is 232 g/mol. The van der Waals surface area contributed by atoms with Crippen LogP contribution in [0.4, 0.5) is 0 Å². The minimum atomic E-state index is 0.279. The van der Waals surface area contributed by atoms with E-state index in [1.54, 1.807) is 0 Å². The smallest absolute Gasteiger partial charge is 0.0519 e.